The van der Waals surface area contributed by atoms with Gasteiger partial charge in [-0.1, -0.05) is 39.7 Å². The summed E-state index contributed by atoms with van der Waals surface area (Å²) < 4.78 is 0. The summed E-state index contributed by atoms with van der Waals surface area (Å²) in [5, 5.41) is 2.63. The molecule has 0 radical (unpaired) electrons. The van der Waals surface area contributed by atoms with Crippen molar-refractivity contribution in [3.63, 3.8) is 0 Å². The van der Waals surface area contributed by atoms with Crippen LogP contribution in [0.2, 0.25) is 0 Å². The summed E-state index contributed by atoms with van der Waals surface area (Å²) in [7, 11) is 0. The average Bonchev–Trinajstić information content (AvgIpc) is 2.10. The van der Waals surface area contributed by atoms with Crippen LogP contribution in [0.1, 0.15) is 20.3 Å². The van der Waals surface area contributed by atoms with Gasteiger partial charge in [-0.15, -0.1) is 0 Å². The van der Waals surface area contributed by atoms with Gasteiger partial charge in [0.1, 0.15) is 0 Å². The highest BCUT2D eigenvalue weighted by atomic mass is 79.9. The van der Waals surface area contributed by atoms with E-state index < -0.39 is 0 Å². The first-order valence-corrected chi connectivity index (χ1v) is 5.26. The van der Waals surface area contributed by atoms with Crippen LogP contribution in [0.25, 0.3) is 0 Å². The quantitative estimate of drug-likeness (QED) is 0.331. The third-order valence-corrected chi connectivity index (χ3v) is 1.89. The van der Waals surface area contributed by atoms with Crippen LogP contribution < -0.4 is 5.32 Å². The zero-order valence-corrected chi connectivity index (χ0v) is 9.67. The van der Waals surface area contributed by atoms with Gasteiger partial charge in [0.05, 0.1) is 0 Å². The Kier molecular flexibility index (Phi) is 7.69. The van der Waals surface area contributed by atoms with E-state index in [0.29, 0.717) is 11.4 Å². The van der Waals surface area contributed by atoms with Gasteiger partial charge < -0.3 is 5.32 Å². The second kappa shape index (κ2) is 8.05. The predicted molar refractivity (Wildman–Crippen MR) is 60.0 cm³/mol. The van der Waals surface area contributed by atoms with E-state index in [9.17, 15) is 4.79 Å². The van der Waals surface area contributed by atoms with Crippen LogP contribution in [0.3, 0.4) is 0 Å². The Labute approximate surface area is 88.2 Å². The molecule has 2 nitrogen and oxygen atoms in total. The van der Waals surface area contributed by atoms with Gasteiger partial charge in [0.2, 0.25) is 6.41 Å². The molecule has 1 N–H and O–H groups in total. The number of allylic oxidation sites excluding steroid dienone is 3. The Morgan fingerprint density at radius 1 is 1.62 bits per heavy atom. The Hall–Kier alpha value is -0.570. The molecule has 1 amide bonds. The fraction of sp³-hybridized carbons (Fsp3) is 0.500. The molecule has 0 heterocycles. The normalized spacial score (nSPS) is 14.5. The first-order chi connectivity index (χ1) is 6.20. The summed E-state index contributed by atoms with van der Waals surface area (Å²) in [5.74, 6) is 0. The SMILES string of the molecule is C/C=C(\C=C/C(C)Br)CCNC=O. The standard InChI is InChI=1S/C10H16BrNO/c1-3-10(5-4-9(2)11)6-7-12-8-13/h3-5,8-9H,6-7H2,1-2H3,(H,12,13)/b5-4-,10-3+. The molecule has 13 heavy (non-hydrogen) atoms. The molecule has 1 unspecified atom stereocenters. The van der Waals surface area contributed by atoms with Gasteiger partial charge in [0.15, 0.2) is 0 Å². The van der Waals surface area contributed by atoms with Crippen LogP contribution >= 0.6 is 15.9 Å². The summed E-state index contributed by atoms with van der Waals surface area (Å²) in [6.45, 7) is 4.76. The zero-order chi connectivity index (χ0) is 10.1. The van der Waals surface area contributed by atoms with Gasteiger partial charge in [0.25, 0.3) is 0 Å². The third kappa shape index (κ3) is 7.78. The molecule has 0 fully saturated rings. The van der Waals surface area contributed by atoms with E-state index in [4.69, 9.17) is 0 Å². The second-order valence-corrected chi connectivity index (χ2v) is 4.17. The molecule has 0 saturated carbocycles. The average molecular weight is 246 g/mol. The number of amides is 1. The number of hydrogen-bond acceptors (Lipinski definition) is 1. The van der Waals surface area contributed by atoms with Crippen LogP contribution in [-0.2, 0) is 4.79 Å². The fourth-order valence-electron chi connectivity index (χ4n) is 0.856. The van der Waals surface area contributed by atoms with Gasteiger partial charge in [-0.05, 0) is 20.3 Å². The van der Waals surface area contributed by atoms with Crippen LogP contribution in [0.15, 0.2) is 23.8 Å². The maximum atomic E-state index is 9.98. The van der Waals surface area contributed by atoms with E-state index in [1.807, 2.05) is 6.92 Å². The van der Waals surface area contributed by atoms with E-state index >= 15 is 0 Å². The van der Waals surface area contributed by atoms with Crippen LogP contribution in [0.4, 0.5) is 0 Å². The Bertz CT molecular complexity index is 197. The molecule has 1 atom stereocenters. The first-order valence-electron chi connectivity index (χ1n) is 4.35. The van der Waals surface area contributed by atoms with Crippen molar-refractivity contribution >= 4 is 22.3 Å². The first kappa shape index (κ1) is 12.4. The summed E-state index contributed by atoms with van der Waals surface area (Å²) in [6, 6.07) is 0. The number of nitrogens with one attached hydrogen (secondary N) is 1. The molecule has 0 aliphatic heterocycles. The van der Waals surface area contributed by atoms with E-state index in [-0.39, 0.29) is 0 Å². The molecule has 0 aliphatic rings. The van der Waals surface area contributed by atoms with Gasteiger partial charge in [-0.2, -0.15) is 0 Å². The van der Waals surface area contributed by atoms with E-state index in [2.05, 4.69) is 46.4 Å². The lowest BCUT2D eigenvalue weighted by atomic mass is 10.1. The summed E-state index contributed by atoms with van der Waals surface area (Å²) >= 11 is 3.43. The lowest BCUT2D eigenvalue weighted by Crippen LogP contribution is -2.12. The highest BCUT2D eigenvalue weighted by Crippen LogP contribution is 2.06. The number of carbonyl (C=O) groups excluding carboxylic acids is 1. The van der Waals surface area contributed by atoms with Gasteiger partial charge >= 0.3 is 0 Å². The third-order valence-electron chi connectivity index (χ3n) is 1.59. The maximum absolute atomic E-state index is 9.98. The molecule has 0 aromatic heterocycles. The lowest BCUT2D eigenvalue weighted by Gasteiger charge is -2.01. The van der Waals surface area contributed by atoms with E-state index in [0.717, 1.165) is 12.8 Å². The van der Waals surface area contributed by atoms with Crippen molar-refractivity contribution in [1.29, 1.82) is 0 Å². The largest absolute Gasteiger partial charge is 0.358 e. The van der Waals surface area contributed by atoms with E-state index in [1.54, 1.807) is 0 Å². The number of carbonyl (C=O) groups is 1. The number of halogens is 1. The molecule has 0 saturated heterocycles. The number of rotatable bonds is 6. The molecule has 0 spiro atoms. The summed E-state index contributed by atoms with van der Waals surface area (Å²) in [5.41, 5.74) is 1.24. The minimum absolute atomic E-state index is 0.390. The van der Waals surface area contributed by atoms with Gasteiger partial charge in [0, 0.05) is 11.4 Å². The minimum Gasteiger partial charge on any atom is -0.358 e. The highest BCUT2D eigenvalue weighted by molar-refractivity contribution is 9.09. The second-order valence-electron chi connectivity index (χ2n) is 2.72. The van der Waals surface area contributed by atoms with Crippen molar-refractivity contribution in [1.82, 2.24) is 5.32 Å². The molecule has 0 bridgehead atoms. The molecular formula is C10H16BrNO. The molecular weight excluding hydrogens is 230 g/mol. The summed E-state index contributed by atoms with van der Waals surface area (Å²) in [6.07, 6.45) is 7.82. The minimum atomic E-state index is 0.390. The van der Waals surface area contributed by atoms with Gasteiger partial charge in [-0.3, -0.25) is 4.79 Å². The van der Waals surface area contributed by atoms with E-state index in [1.165, 1.54) is 5.57 Å². The lowest BCUT2D eigenvalue weighted by molar-refractivity contribution is -0.109. The van der Waals surface area contributed by atoms with Crippen LogP contribution in [0, 0.1) is 0 Å². The Morgan fingerprint density at radius 3 is 2.77 bits per heavy atom. The van der Waals surface area contributed by atoms with Crippen molar-refractivity contribution in [3.05, 3.63) is 23.8 Å². The Balaban J connectivity index is 3.84. The smallest absolute Gasteiger partial charge is 0.207 e. The zero-order valence-electron chi connectivity index (χ0n) is 8.09. The number of alkyl halides is 1. The van der Waals surface area contributed by atoms with Crippen molar-refractivity contribution < 1.29 is 4.79 Å². The van der Waals surface area contributed by atoms with Gasteiger partial charge in [-0.25, -0.2) is 0 Å². The monoisotopic (exact) mass is 245 g/mol. The molecule has 0 aliphatic carbocycles. The van der Waals surface area contributed by atoms with Crippen molar-refractivity contribution in [2.75, 3.05) is 6.54 Å². The van der Waals surface area contributed by atoms with Crippen molar-refractivity contribution in [2.24, 2.45) is 0 Å². The van der Waals surface area contributed by atoms with Crippen molar-refractivity contribution in [2.45, 2.75) is 25.1 Å². The fourth-order valence-corrected chi connectivity index (χ4v) is 1.01. The topological polar surface area (TPSA) is 29.1 Å². The van der Waals surface area contributed by atoms with Crippen LogP contribution in [0.5, 0.6) is 0 Å². The Morgan fingerprint density at radius 2 is 2.31 bits per heavy atom. The number of hydrogen-bond donors (Lipinski definition) is 1. The molecule has 0 aromatic carbocycles. The molecule has 0 aromatic rings. The summed E-state index contributed by atoms with van der Waals surface area (Å²) in [4.78, 5) is 10.4. The maximum Gasteiger partial charge on any atom is 0.207 e. The highest BCUT2D eigenvalue weighted by Gasteiger charge is 1.92. The molecule has 74 valence electrons. The predicted octanol–water partition coefficient (Wildman–Crippen LogP) is 2.41. The van der Waals surface area contributed by atoms with Crippen molar-refractivity contribution in [3.8, 4) is 0 Å². The van der Waals surface area contributed by atoms with Crippen LogP contribution in [-0.4, -0.2) is 17.8 Å². The molecule has 0 rings (SSSR count). The molecule has 3 heteroatoms.